The zero-order valence-electron chi connectivity index (χ0n) is 15.5. The average molecular weight is 378 g/mol. The van der Waals surface area contributed by atoms with Gasteiger partial charge in [0.1, 0.15) is 6.33 Å². The number of H-pyrrole nitrogens is 1. The Bertz CT molecular complexity index is 1040. The molecule has 0 unspecified atom stereocenters. The fourth-order valence-electron chi connectivity index (χ4n) is 3.56. The smallest absolute Gasteiger partial charge is 0.290 e. The zero-order valence-corrected chi connectivity index (χ0v) is 15.5. The first-order valence-electron chi connectivity index (χ1n) is 9.69. The largest absolute Gasteiger partial charge is 0.477 e. The number of hydrogen-bond acceptors (Lipinski definition) is 7. The summed E-state index contributed by atoms with van der Waals surface area (Å²) in [5, 5.41) is 0.948. The van der Waals surface area contributed by atoms with Gasteiger partial charge < -0.3 is 19.5 Å². The molecule has 2 aliphatic rings. The average Bonchev–Trinajstić information content (AvgIpc) is 3.57. The van der Waals surface area contributed by atoms with Gasteiger partial charge in [-0.3, -0.25) is 4.79 Å². The van der Waals surface area contributed by atoms with Crippen LogP contribution in [0, 0.1) is 5.92 Å². The molecule has 8 nitrogen and oxygen atoms in total. The van der Waals surface area contributed by atoms with E-state index in [-0.39, 0.29) is 5.56 Å². The third kappa shape index (κ3) is 3.37. The van der Waals surface area contributed by atoms with Crippen LogP contribution in [0.3, 0.4) is 0 Å². The topological polar surface area (TPSA) is 87.2 Å². The maximum Gasteiger partial charge on any atom is 0.290 e. The standard InChI is InChI=1S/C20H22N6O2/c27-19-18(21-5-6-22-19)26-9-7-25(8-10-26)15-3-4-17-16(11-15)20(24-13-23-17)28-12-14-1-2-14/h3-6,11,13-14H,1-2,7-10,12H2,(H,22,27). The molecule has 0 bridgehead atoms. The van der Waals surface area contributed by atoms with Crippen LogP contribution in [-0.4, -0.2) is 52.7 Å². The number of aromatic amines is 1. The number of rotatable bonds is 5. The molecule has 0 radical (unpaired) electrons. The van der Waals surface area contributed by atoms with E-state index < -0.39 is 0 Å². The molecule has 1 aromatic carbocycles. The summed E-state index contributed by atoms with van der Waals surface area (Å²) in [6, 6.07) is 6.22. The summed E-state index contributed by atoms with van der Waals surface area (Å²) in [5.74, 6) is 1.83. The van der Waals surface area contributed by atoms with Crippen LogP contribution in [0.2, 0.25) is 0 Å². The Morgan fingerprint density at radius 2 is 1.89 bits per heavy atom. The maximum absolute atomic E-state index is 12.0. The minimum atomic E-state index is -0.142. The number of fused-ring (bicyclic) bond motifs is 1. The number of hydrogen-bond donors (Lipinski definition) is 1. The summed E-state index contributed by atoms with van der Waals surface area (Å²) in [5.41, 5.74) is 1.87. The van der Waals surface area contributed by atoms with Crippen LogP contribution in [-0.2, 0) is 0 Å². The lowest BCUT2D eigenvalue weighted by atomic mass is 10.2. The van der Waals surface area contributed by atoms with Gasteiger partial charge in [0, 0.05) is 44.3 Å². The van der Waals surface area contributed by atoms with Gasteiger partial charge in [-0.25, -0.2) is 15.0 Å². The number of piperazine rings is 1. The third-order valence-electron chi connectivity index (χ3n) is 5.37. The predicted octanol–water partition coefficient (Wildman–Crippen LogP) is 1.83. The van der Waals surface area contributed by atoms with E-state index in [0.717, 1.165) is 49.4 Å². The quantitative estimate of drug-likeness (QED) is 0.725. The number of aromatic nitrogens is 4. The molecule has 1 aliphatic carbocycles. The lowest BCUT2D eigenvalue weighted by Gasteiger charge is -2.36. The number of benzene rings is 1. The first-order chi connectivity index (χ1) is 13.8. The fraction of sp³-hybridized carbons (Fsp3) is 0.400. The van der Waals surface area contributed by atoms with Gasteiger partial charge in [-0.1, -0.05) is 0 Å². The Morgan fingerprint density at radius 3 is 2.68 bits per heavy atom. The van der Waals surface area contributed by atoms with Gasteiger partial charge in [0.15, 0.2) is 5.82 Å². The van der Waals surface area contributed by atoms with E-state index in [9.17, 15) is 4.79 Å². The monoisotopic (exact) mass is 378 g/mol. The summed E-state index contributed by atoms with van der Waals surface area (Å²) >= 11 is 0. The minimum absolute atomic E-state index is 0.142. The molecule has 0 spiro atoms. The maximum atomic E-state index is 12.0. The van der Waals surface area contributed by atoms with Crippen molar-refractivity contribution in [3.63, 3.8) is 0 Å². The van der Waals surface area contributed by atoms with Gasteiger partial charge in [-0.05, 0) is 37.0 Å². The second kappa shape index (κ2) is 7.10. The molecule has 3 aromatic rings. The molecule has 0 amide bonds. The molecule has 3 heterocycles. The Labute approximate surface area is 162 Å². The molecular weight excluding hydrogens is 356 g/mol. The normalized spacial score (nSPS) is 17.1. The molecular formula is C20H22N6O2. The van der Waals surface area contributed by atoms with E-state index in [2.05, 4.69) is 37.0 Å². The summed E-state index contributed by atoms with van der Waals surface area (Å²) < 4.78 is 5.95. The Morgan fingerprint density at radius 1 is 1.07 bits per heavy atom. The molecule has 28 heavy (non-hydrogen) atoms. The second-order valence-electron chi connectivity index (χ2n) is 7.35. The second-order valence-corrected chi connectivity index (χ2v) is 7.35. The minimum Gasteiger partial charge on any atom is -0.477 e. The van der Waals surface area contributed by atoms with Gasteiger partial charge in [0.2, 0.25) is 5.88 Å². The Kier molecular flexibility index (Phi) is 4.31. The van der Waals surface area contributed by atoms with Crippen molar-refractivity contribution < 1.29 is 4.74 Å². The van der Waals surface area contributed by atoms with E-state index in [4.69, 9.17) is 4.74 Å². The Hall–Kier alpha value is -3.16. The van der Waals surface area contributed by atoms with Crippen LogP contribution in [0.15, 0.2) is 41.7 Å². The number of anilines is 2. The third-order valence-corrected chi connectivity index (χ3v) is 5.37. The zero-order chi connectivity index (χ0) is 18.9. The summed E-state index contributed by atoms with van der Waals surface area (Å²) in [6.07, 6.45) is 7.24. The van der Waals surface area contributed by atoms with E-state index in [1.54, 1.807) is 18.7 Å². The van der Waals surface area contributed by atoms with Crippen molar-refractivity contribution in [1.29, 1.82) is 0 Å². The highest BCUT2D eigenvalue weighted by molar-refractivity contribution is 5.86. The molecule has 5 rings (SSSR count). The van der Waals surface area contributed by atoms with Crippen molar-refractivity contribution in [1.82, 2.24) is 19.9 Å². The van der Waals surface area contributed by atoms with Crippen molar-refractivity contribution in [2.24, 2.45) is 5.92 Å². The SMILES string of the molecule is O=c1[nH]ccnc1N1CCN(c2ccc3ncnc(OCC4CC4)c3c2)CC1. The fourth-order valence-corrected chi connectivity index (χ4v) is 3.56. The van der Waals surface area contributed by atoms with E-state index in [0.29, 0.717) is 17.6 Å². The van der Waals surface area contributed by atoms with E-state index in [1.165, 1.54) is 12.8 Å². The molecule has 1 saturated heterocycles. The van der Waals surface area contributed by atoms with Gasteiger partial charge in [-0.15, -0.1) is 0 Å². The van der Waals surface area contributed by atoms with Gasteiger partial charge in [-0.2, -0.15) is 0 Å². The van der Waals surface area contributed by atoms with Crippen molar-refractivity contribution in [2.45, 2.75) is 12.8 Å². The first kappa shape index (κ1) is 17.0. The van der Waals surface area contributed by atoms with Crippen LogP contribution in [0.5, 0.6) is 5.88 Å². The van der Waals surface area contributed by atoms with Gasteiger partial charge >= 0.3 is 0 Å². The van der Waals surface area contributed by atoms with E-state index >= 15 is 0 Å². The summed E-state index contributed by atoms with van der Waals surface area (Å²) in [6.45, 7) is 3.84. The van der Waals surface area contributed by atoms with E-state index in [1.807, 2.05) is 11.0 Å². The van der Waals surface area contributed by atoms with Crippen LogP contribution in [0.25, 0.3) is 10.9 Å². The highest BCUT2D eigenvalue weighted by Crippen LogP contribution is 2.32. The number of ether oxygens (including phenoxy) is 1. The highest BCUT2D eigenvalue weighted by Gasteiger charge is 2.23. The van der Waals surface area contributed by atoms with Crippen molar-refractivity contribution in [3.8, 4) is 5.88 Å². The molecule has 1 saturated carbocycles. The highest BCUT2D eigenvalue weighted by atomic mass is 16.5. The molecule has 0 atom stereocenters. The Balaban J connectivity index is 1.34. The molecule has 2 fully saturated rings. The molecule has 2 aromatic heterocycles. The molecule has 8 heteroatoms. The van der Waals surface area contributed by atoms with Gasteiger partial charge in [0.05, 0.1) is 17.5 Å². The lowest BCUT2D eigenvalue weighted by molar-refractivity contribution is 0.292. The molecule has 1 aliphatic heterocycles. The van der Waals surface area contributed by atoms with Crippen LogP contribution >= 0.6 is 0 Å². The predicted molar refractivity (Wildman–Crippen MR) is 107 cm³/mol. The lowest BCUT2D eigenvalue weighted by Crippen LogP contribution is -2.48. The number of nitrogens with one attached hydrogen (secondary N) is 1. The van der Waals surface area contributed by atoms with Crippen LogP contribution in [0.4, 0.5) is 11.5 Å². The number of nitrogens with zero attached hydrogens (tertiary/aromatic N) is 5. The summed E-state index contributed by atoms with van der Waals surface area (Å²) in [7, 11) is 0. The van der Waals surface area contributed by atoms with Crippen molar-refractivity contribution >= 4 is 22.4 Å². The van der Waals surface area contributed by atoms with Crippen LogP contribution < -0.4 is 20.1 Å². The van der Waals surface area contributed by atoms with Crippen molar-refractivity contribution in [2.75, 3.05) is 42.6 Å². The first-order valence-corrected chi connectivity index (χ1v) is 9.69. The van der Waals surface area contributed by atoms with Gasteiger partial charge in [0.25, 0.3) is 5.56 Å². The molecule has 1 N–H and O–H groups in total. The van der Waals surface area contributed by atoms with Crippen molar-refractivity contribution in [3.05, 3.63) is 47.3 Å². The summed E-state index contributed by atoms with van der Waals surface area (Å²) in [4.78, 5) is 31.9. The van der Waals surface area contributed by atoms with Crippen LogP contribution in [0.1, 0.15) is 12.8 Å². The molecule has 144 valence electrons.